The topological polar surface area (TPSA) is 63.4 Å². The van der Waals surface area contributed by atoms with Gasteiger partial charge in [-0.05, 0) is 12.6 Å². The van der Waals surface area contributed by atoms with Gasteiger partial charge in [0.2, 0.25) is 0 Å². The van der Waals surface area contributed by atoms with E-state index < -0.39 is 0 Å². The van der Waals surface area contributed by atoms with Crippen LogP contribution in [0.4, 0.5) is 4.39 Å². The molecule has 1 aromatic heterocycles. The molecule has 18 heavy (non-hydrogen) atoms. The van der Waals surface area contributed by atoms with Gasteiger partial charge in [0.25, 0.3) is 0 Å². The highest BCUT2D eigenvalue weighted by atomic mass is 19.1. The SMILES string of the molecule is CCN1CCOC(C(NN)c2ccncc2F)C1. The van der Waals surface area contributed by atoms with Crippen LogP contribution in [0.5, 0.6) is 0 Å². The Morgan fingerprint density at radius 3 is 3.22 bits per heavy atom. The van der Waals surface area contributed by atoms with Crippen molar-refractivity contribution < 1.29 is 9.13 Å². The highest BCUT2D eigenvalue weighted by Crippen LogP contribution is 2.23. The van der Waals surface area contributed by atoms with Crippen molar-refractivity contribution in [1.82, 2.24) is 15.3 Å². The first-order valence-electron chi connectivity index (χ1n) is 6.15. The van der Waals surface area contributed by atoms with E-state index in [0.717, 1.165) is 19.6 Å². The summed E-state index contributed by atoms with van der Waals surface area (Å²) in [6.45, 7) is 5.34. The number of pyridine rings is 1. The van der Waals surface area contributed by atoms with Gasteiger partial charge in [-0.1, -0.05) is 6.92 Å². The number of hydrogen-bond acceptors (Lipinski definition) is 5. The molecule has 0 spiro atoms. The number of morpholine rings is 1. The molecule has 0 aromatic carbocycles. The Morgan fingerprint density at radius 2 is 2.56 bits per heavy atom. The minimum Gasteiger partial charge on any atom is -0.374 e. The van der Waals surface area contributed by atoms with Crippen LogP contribution in [0, 0.1) is 5.82 Å². The summed E-state index contributed by atoms with van der Waals surface area (Å²) in [5.41, 5.74) is 3.15. The number of hydrogen-bond donors (Lipinski definition) is 2. The molecule has 1 saturated heterocycles. The van der Waals surface area contributed by atoms with Crippen molar-refractivity contribution >= 4 is 0 Å². The molecule has 1 aromatic rings. The highest BCUT2D eigenvalue weighted by Gasteiger charge is 2.29. The van der Waals surface area contributed by atoms with Gasteiger partial charge >= 0.3 is 0 Å². The number of halogens is 1. The lowest BCUT2D eigenvalue weighted by atomic mass is 10.0. The lowest BCUT2D eigenvalue weighted by molar-refractivity contribution is -0.0462. The molecule has 1 aliphatic heterocycles. The van der Waals surface area contributed by atoms with Gasteiger partial charge in [-0.2, -0.15) is 0 Å². The maximum absolute atomic E-state index is 13.7. The first kappa shape index (κ1) is 13.4. The molecule has 2 heterocycles. The van der Waals surface area contributed by atoms with E-state index in [1.54, 1.807) is 12.3 Å². The average molecular weight is 254 g/mol. The van der Waals surface area contributed by atoms with Gasteiger partial charge in [-0.15, -0.1) is 0 Å². The molecule has 3 N–H and O–H groups in total. The van der Waals surface area contributed by atoms with Crippen LogP contribution < -0.4 is 11.3 Å². The van der Waals surface area contributed by atoms with Crippen LogP contribution in [0.25, 0.3) is 0 Å². The molecule has 2 unspecified atom stereocenters. The first-order valence-corrected chi connectivity index (χ1v) is 6.15. The number of nitrogens with zero attached hydrogens (tertiary/aromatic N) is 2. The fraction of sp³-hybridized carbons (Fsp3) is 0.583. The fourth-order valence-electron chi connectivity index (χ4n) is 2.26. The van der Waals surface area contributed by atoms with Crippen LogP contribution in [0.15, 0.2) is 18.5 Å². The number of rotatable bonds is 4. The molecular formula is C12H19FN4O. The summed E-state index contributed by atoms with van der Waals surface area (Å²) in [7, 11) is 0. The Hall–Kier alpha value is -1.08. The third-order valence-corrected chi connectivity index (χ3v) is 3.32. The first-order chi connectivity index (χ1) is 8.76. The summed E-state index contributed by atoms with van der Waals surface area (Å²) in [6.07, 6.45) is 2.60. The van der Waals surface area contributed by atoms with Crippen molar-refractivity contribution in [1.29, 1.82) is 0 Å². The van der Waals surface area contributed by atoms with Gasteiger partial charge in [-0.3, -0.25) is 21.2 Å². The Kier molecular flexibility index (Phi) is 4.60. The number of likely N-dealkylation sites (N-methyl/N-ethyl adjacent to an activating group) is 1. The predicted molar refractivity (Wildman–Crippen MR) is 66.1 cm³/mol. The summed E-state index contributed by atoms with van der Waals surface area (Å²) in [6, 6.07) is 1.27. The zero-order chi connectivity index (χ0) is 13.0. The van der Waals surface area contributed by atoms with Crippen LogP contribution >= 0.6 is 0 Å². The van der Waals surface area contributed by atoms with E-state index in [2.05, 4.69) is 22.2 Å². The van der Waals surface area contributed by atoms with Crippen LogP contribution in [0.3, 0.4) is 0 Å². The molecule has 0 bridgehead atoms. The minimum absolute atomic E-state index is 0.152. The molecule has 6 heteroatoms. The van der Waals surface area contributed by atoms with Gasteiger partial charge in [0, 0.05) is 24.8 Å². The number of ether oxygens (including phenoxy) is 1. The summed E-state index contributed by atoms with van der Waals surface area (Å²) < 4.78 is 19.4. The van der Waals surface area contributed by atoms with Gasteiger partial charge in [0.15, 0.2) is 0 Å². The molecule has 100 valence electrons. The number of hydrazine groups is 1. The quantitative estimate of drug-likeness (QED) is 0.603. The molecule has 2 atom stereocenters. The smallest absolute Gasteiger partial charge is 0.146 e. The molecule has 0 radical (unpaired) electrons. The molecule has 1 fully saturated rings. The zero-order valence-corrected chi connectivity index (χ0v) is 10.5. The van der Waals surface area contributed by atoms with Crippen molar-refractivity contribution in [2.24, 2.45) is 5.84 Å². The second-order valence-corrected chi connectivity index (χ2v) is 4.34. The van der Waals surface area contributed by atoms with E-state index in [9.17, 15) is 4.39 Å². The highest BCUT2D eigenvalue weighted by molar-refractivity contribution is 5.19. The number of nitrogens with two attached hydrogens (primary N) is 1. The average Bonchev–Trinajstić information content (AvgIpc) is 2.42. The van der Waals surface area contributed by atoms with Crippen molar-refractivity contribution in [2.75, 3.05) is 26.2 Å². The van der Waals surface area contributed by atoms with Gasteiger partial charge < -0.3 is 4.74 Å². The maximum Gasteiger partial charge on any atom is 0.146 e. The maximum atomic E-state index is 13.7. The molecular weight excluding hydrogens is 235 g/mol. The molecule has 0 amide bonds. The van der Waals surface area contributed by atoms with Gasteiger partial charge in [0.1, 0.15) is 5.82 Å². The number of aromatic nitrogens is 1. The van der Waals surface area contributed by atoms with Crippen molar-refractivity contribution in [3.05, 3.63) is 29.8 Å². The summed E-state index contributed by atoms with van der Waals surface area (Å²) in [5.74, 6) is 5.19. The predicted octanol–water partition coefficient (Wildman–Crippen LogP) is 0.446. The van der Waals surface area contributed by atoms with E-state index in [1.165, 1.54) is 6.20 Å². The van der Waals surface area contributed by atoms with E-state index in [0.29, 0.717) is 12.2 Å². The number of nitrogens with one attached hydrogen (secondary N) is 1. The summed E-state index contributed by atoms with van der Waals surface area (Å²) >= 11 is 0. The Bertz CT molecular complexity index is 390. The van der Waals surface area contributed by atoms with Crippen LogP contribution in [0.2, 0.25) is 0 Å². The van der Waals surface area contributed by atoms with Crippen molar-refractivity contribution in [3.63, 3.8) is 0 Å². The Balaban J connectivity index is 2.15. The second kappa shape index (κ2) is 6.19. The normalized spacial score (nSPS) is 22.9. The van der Waals surface area contributed by atoms with Crippen LogP contribution in [-0.2, 0) is 4.74 Å². The van der Waals surface area contributed by atoms with Crippen molar-refractivity contribution in [2.45, 2.75) is 19.1 Å². The molecule has 5 nitrogen and oxygen atoms in total. The molecule has 0 aliphatic carbocycles. The molecule has 1 aliphatic rings. The fourth-order valence-corrected chi connectivity index (χ4v) is 2.26. The minimum atomic E-state index is -0.363. The second-order valence-electron chi connectivity index (χ2n) is 4.34. The van der Waals surface area contributed by atoms with Crippen LogP contribution in [-0.4, -0.2) is 42.2 Å². The molecule has 2 rings (SSSR count). The van der Waals surface area contributed by atoms with Crippen molar-refractivity contribution in [3.8, 4) is 0 Å². The monoisotopic (exact) mass is 254 g/mol. The standard InChI is InChI=1S/C12H19FN4O/c1-2-17-5-6-18-11(8-17)12(16-14)9-3-4-15-7-10(9)13/h3-4,7,11-12,16H,2,5-6,8,14H2,1H3. The van der Waals surface area contributed by atoms with E-state index in [1.807, 2.05) is 0 Å². The zero-order valence-electron chi connectivity index (χ0n) is 10.5. The lowest BCUT2D eigenvalue weighted by Crippen LogP contribution is -2.49. The van der Waals surface area contributed by atoms with E-state index in [4.69, 9.17) is 10.6 Å². The van der Waals surface area contributed by atoms with E-state index >= 15 is 0 Å². The third kappa shape index (κ3) is 2.84. The Morgan fingerprint density at radius 1 is 1.72 bits per heavy atom. The lowest BCUT2D eigenvalue weighted by Gasteiger charge is -2.36. The summed E-state index contributed by atoms with van der Waals surface area (Å²) in [4.78, 5) is 6.00. The summed E-state index contributed by atoms with van der Waals surface area (Å²) in [5, 5.41) is 0. The van der Waals surface area contributed by atoms with Gasteiger partial charge in [0.05, 0.1) is 24.9 Å². The Labute approximate surface area is 106 Å². The van der Waals surface area contributed by atoms with E-state index in [-0.39, 0.29) is 18.0 Å². The van der Waals surface area contributed by atoms with Crippen LogP contribution in [0.1, 0.15) is 18.5 Å². The largest absolute Gasteiger partial charge is 0.374 e. The van der Waals surface area contributed by atoms with Gasteiger partial charge in [-0.25, -0.2) is 4.39 Å². The molecule has 0 saturated carbocycles. The third-order valence-electron chi connectivity index (χ3n) is 3.32.